The molecule has 0 atom stereocenters. The number of ether oxygens (including phenoxy) is 1. The third-order valence-electron chi connectivity index (χ3n) is 2.11. The van der Waals surface area contributed by atoms with Gasteiger partial charge in [0, 0.05) is 0 Å². The van der Waals surface area contributed by atoms with E-state index in [1.165, 1.54) is 19.3 Å². The predicted molar refractivity (Wildman–Crippen MR) is 61.4 cm³/mol. The van der Waals surface area contributed by atoms with Crippen molar-refractivity contribution in [3.63, 3.8) is 0 Å². The molecule has 0 aromatic heterocycles. The van der Waals surface area contributed by atoms with E-state index >= 15 is 0 Å². The quantitative estimate of drug-likeness (QED) is 0.846. The highest BCUT2D eigenvalue weighted by Gasteiger charge is 2.34. The van der Waals surface area contributed by atoms with Crippen molar-refractivity contribution in [1.29, 1.82) is 0 Å². The lowest BCUT2D eigenvalue weighted by molar-refractivity contribution is -0.137. The number of alkyl halides is 3. The van der Waals surface area contributed by atoms with E-state index in [2.05, 4.69) is 5.32 Å². The van der Waals surface area contributed by atoms with Crippen LogP contribution >= 0.6 is 0 Å². The maximum atomic E-state index is 12.8. The summed E-state index contributed by atoms with van der Waals surface area (Å²) in [6.45, 7) is 1.60. The van der Waals surface area contributed by atoms with Crippen molar-refractivity contribution in [2.45, 2.75) is 13.1 Å². The topological polar surface area (TPSA) is 38.3 Å². The number of carbonyl (C=O) groups is 1. The van der Waals surface area contributed by atoms with E-state index in [1.54, 1.807) is 6.92 Å². The number of anilines is 1. The van der Waals surface area contributed by atoms with Gasteiger partial charge in [-0.3, -0.25) is 4.79 Å². The maximum Gasteiger partial charge on any atom is 0.418 e. The first-order valence-corrected chi connectivity index (χ1v) is 5.07. The number of halogens is 3. The van der Waals surface area contributed by atoms with Gasteiger partial charge < -0.3 is 10.1 Å². The number of rotatable bonds is 3. The van der Waals surface area contributed by atoms with Crippen molar-refractivity contribution in [2.24, 2.45) is 0 Å². The summed E-state index contributed by atoms with van der Waals surface area (Å²) >= 11 is 0. The normalized spacial score (nSPS) is 11.6. The lowest BCUT2D eigenvalue weighted by Crippen LogP contribution is -2.14. The Kier molecular flexibility index (Phi) is 4.36. The van der Waals surface area contributed by atoms with Gasteiger partial charge in [-0.15, -0.1) is 0 Å². The number of nitrogens with one attached hydrogen (secondary N) is 1. The standard InChI is InChI=1S/C12H12F3NO2/c1-3-4-11(17)16-10-6-5-8(18-2)7-9(10)12(13,14)15/h3-7H,1-2H3,(H,16,17). The van der Waals surface area contributed by atoms with Gasteiger partial charge in [0.25, 0.3) is 0 Å². The molecular formula is C12H12F3NO2. The predicted octanol–water partition coefficient (Wildman–Crippen LogP) is 3.23. The molecule has 0 aliphatic rings. The van der Waals surface area contributed by atoms with Crippen molar-refractivity contribution in [3.8, 4) is 5.75 Å². The first-order chi connectivity index (χ1) is 8.38. The average Bonchev–Trinajstić information content (AvgIpc) is 2.28. The second kappa shape index (κ2) is 5.57. The van der Waals surface area contributed by atoms with Crippen molar-refractivity contribution in [2.75, 3.05) is 12.4 Å². The highest BCUT2D eigenvalue weighted by molar-refractivity contribution is 5.99. The minimum absolute atomic E-state index is 0.0753. The molecule has 98 valence electrons. The number of hydrogen-bond acceptors (Lipinski definition) is 2. The number of carbonyl (C=O) groups excluding carboxylic acids is 1. The molecule has 0 fully saturated rings. The Hall–Kier alpha value is -1.98. The van der Waals surface area contributed by atoms with Gasteiger partial charge in [0.15, 0.2) is 0 Å². The van der Waals surface area contributed by atoms with E-state index in [0.29, 0.717) is 0 Å². The summed E-state index contributed by atoms with van der Waals surface area (Å²) in [5.74, 6) is -0.542. The van der Waals surface area contributed by atoms with E-state index in [-0.39, 0.29) is 11.4 Å². The summed E-state index contributed by atoms with van der Waals surface area (Å²) in [5, 5.41) is 2.17. The van der Waals surface area contributed by atoms with Gasteiger partial charge in [-0.2, -0.15) is 13.2 Å². The first kappa shape index (κ1) is 14.1. The molecule has 0 saturated carbocycles. The number of benzene rings is 1. The monoisotopic (exact) mass is 259 g/mol. The minimum atomic E-state index is -4.56. The summed E-state index contributed by atoms with van der Waals surface area (Å²) in [4.78, 5) is 11.2. The van der Waals surface area contributed by atoms with E-state index in [4.69, 9.17) is 4.74 Å². The summed E-state index contributed by atoms with van der Waals surface area (Å²) < 4.78 is 43.1. The molecule has 0 radical (unpaired) electrons. The van der Waals surface area contributed by atoms with Gasteiger partial charge >= 0.3 is 6.18 Å². The molecule has 1 rings (SSSR count). The number of hydrogen-bond donors (Lipinski definition) is 1. The van der Waals surface area contributed by atoms with E-state index in [9.17, 15) is 18.0 Å². The molecule has 0 aliphatic carbocycles. The van der Waals surface area contributed by atoms with E-state index < -0.39 is 17.6 Å². The Bertz CT molecular complexity index is 467. The molecule has 1 aromatic carbocycles. The number of methoxy groups -OCH3 is 1. The Labute approximate surface area is 102 Å². The second-order valence-corrected chi connectivity index (χ2v) is 3.40. The van der Waals surface area contributed by atoms with Gasteiger partial charge in [0.05, 0.1) is 18.4 Å². The van der Waals surface area contributed by atoms with E-state index in [1.807, 2.05) is 0 Å². The summed E-state index contributed by atoms with van der Waals surface area (Å²) in [7, 11) is 1.27. The zero-order valence-electron chi connectivity index (χ0n) is 9.84. The highest BCUT2D eigenvalue weighted by atomic mass is 19.4. The van der Waals surface area contributed by atoms with Crippen LogP contribution in [-0.4, -0.2) is 13.0 Å². The average molecular weight is 259 g/mol. The van der Waals surface area contributed by atoms with Gasteiger partial charge in [-0.05, 0) is 31.2 Å². The SMILES string of the molecule is CC=CC(=O)Nc1ccc(OC)cc1C(F)(F)F. The van der Waals surface area contributed by atoms with Crippen LogP contribution in [0, 0.1) is 0 Å². The molecule has 1 aromatic rings. The molecule has 0 saturated heterocycles. The fourth-order valence-corrected chi connectivity index (χ4v) is 1.32. The van der Waals surface area contributed by atoms with Crippen LogP contribution in [0.1, 0.15) is 12.5 Å². The summed E-state index contributed by atoms with van der Waals surface area (Å²) in [5.41, 5.74) is -1.24. The van der Waals surface area contributed by atoms with Gasteiger partial charge in [-0.25, -0.2) is 0 Å². The lowest BCUT2D eigenvalue weighted by Gasteiger charge is -2.14. The molecule has 0 aliphatic heterocycles. The highest BCUT2D eigenvalue weighted by Crippen LogP contribution is 2.37. The second-order valence-electron chi connectivity index (χ2n) is 3.40. The zero-order valence-corrected chi connectivity index (χ0v) is 9.84. The summed E-state index contributed by atoms with van der Waals surface area (Å²) in [6, 6.07) is 3.34. The van der Waals surface area contributed by atoms with Crippen LogP contribution in [0.2, 0.25) is 0 Å². The molecule has 6 heteroatoms. The maximum absolute atomic E-state index is 12.8. The van der Waals surface area contributed by atoms with Crippen molar-refractivity contribution >= 4 is 11.6 Å². The molecule has 0 spiro atoms. The largest absolute Gasteiger partial charge is 0.497 e. The number of amides is 1. The molecule has 1 amide bonds. The molecular weight excluding hydrogens is 247 g/mol. The molecule has 0 unspecified atom stereocenters. The molecule has 3 nitrogen and oxygen atoms in total. The van der Waals surface area contributed by atoms with E-state index in [0.717, 1.165) is 18.2 Å². The molecule has 0 heterocycles. The van der Waals surface area contributed by atoms with Crippen molar-refractivity contribution in [3.05, 3.63) is 35.9 Å². The van der Waals surface area contributed by atoms with Crippen molar-refractivity contribution in [1.82, 2.24) is 0 Å². The Morgan fingerprint density at radius 2 is 2.06 bits per heavy atom. The molecule has 0 bridgehead atoms. The van der Waals surface area contributed by atoms with Crippen LogP contribution in [0.15, 0.2) is 30.4 Å². The van der Waals surface area contributed by atoms with Crippen molar-refractivity contribution < 1.29 is 22.7 Å². The van der Waals surface area contributed by atoms with Crippen LogP contribution in [0.4, 0.5) is 18.9 Å². The van der Waals surface area contributed by atoms with Crippen LogP contribution in [-0.2, 0) is 11.0 Å². The smallest absolute Gasteiger partial charge is 0.418 e. The van der Waals surface area contributed by atoms with Gasteiger partial charge in [-0.1, -0.05) is 6.08 Å². The fraction of sp³-hybridized carbons (Fsp3) is 0.250. The Morgan fingerprint density at radius 1 is 1.39 bits per heavy atom. The minimum Gasteiger partial charge on any atom is -0.497 e. The zero-order chi connectivity index (χ0) is 13.8. The third kappa shape index (κ3) is 3.51. The lowest BCUT2D eigenvalue weighted by atomic mass is 10.1. The first-order valence-electron chi connectivity index (χ1n) is 5.07. The molecule has 1 N–H and O–H groups in total. The van der Waals surface area contributed by atoms with Crippen LogP contribution in [0.3, 0.4) is 0 Å². The number of allylic oxidation sites excluding steroid dienone is 1. The van der Waals surface area contributed by atoms with Gasteiger partial charge in [0.2, 0.25) is 5.91 Å². The summed E-state index contributed by atoms with van der Waals surface area (Å²) in [6.07, 6.45) is -1.98. The van der Waals surface area contributed by atoms with Crippen LogP contribution in [0.25, 0.3) is 0 Å². The van der Waals surface area contributed by atoms with Crippen LogP contribution < -0.4 is 10.1 Å². The Balaban J connectivity index is 3.14. The third-order valence-corrected chi connectivity index (χ3v) is 2.11. The Morgan fingerprint density at radius 3 is 2.56 bits per heavy atom. The van der Waals surface area contributed by atoms with Gasteiger partial charge in [0.1, 0.15) is 5.75 Å². The fourth-order valence-electron chi connectivity index (χ4n) is 1.32. The van der Waals surface area contributed by atoms with Crippen LogP contribution in [0.5, 0.6) is 5.75 Å². The molecule has 18 heavy (non-hydrogen) atoms.